The van der Waals surface area contributed by atoms with Gasteiger partial charge in [-0.3, -0.25) is 4.79 Å². The molecule has 2 rings (SSSR count). The largest absolute Gasteiger partial charge is 0.394 e. The van der Waals surface area contributed by atoms with Gasteiger partial charge in [0.25, 0.3) is 0 Å². The molecule has 0 unspecified atom stereocenters. The van der Waals surface area contributed by atoms with E-state index >= 15 is 0 Å². The molecule has 2 aliphatic rings. The third-order valence-electron chi connectivity index (χ3n) is 2.71. The lowest BCUT2D eigenvalue weighted by Gasteiger charge is -2.14. The van der Waals surface area contributed by atoms with E-state index in [9.17, 15) is 4.79 Å². The van der Waals surface area contributed by atoms with Gasteiger partial charge in [0.05, 0.1) is 12.6 Å². The first-order valence-electron chi connectivity index (χ1n) is 4.21. The average molecular weight is 155 g/mol. The fourth-order valence-corrected chi connectivity index (χ4v) is 1.93. The molecular formula is C8H13NO2. The lowest BCUT2D eigenvalue weighted by molar-refractivity contribution is -0.119. The first kappa shape index (κ1) is 7.10. The standard InChI is InChI=1S/C8H13NO2/c10-4-7-6(5-1-2-5)3-8(11)9-7/h5-7,10H,1-4H2,(H,9,11)/t6-,7-/m1/s1. The molecule has 0 radical (unpaired) electrons. The lowest BCUT2D eigenvalue weighted by Crippen LogP contribution is -2.33. The van der Waals surface area contributed by atoms with Crippen molar-refractivity contribution >= 4 is 5.91 Å². The molecule has 1 saturated carbocycles. The fourth-order valence-electron chi connectivity index (χ4n) is 1.93. The van der Waals surface area contributed by atoms with Crippen LogP contribution in [0.5, 0.6) is 0 Å². The van der Waals surface area contributed by atoms with E-state index in [0.29, 0.717) is 18.3 Å². The summed E-state index contributed by atoms with van der Waals surface area (Å²) in [4.78, 5) is 10.9. The van der Waals surface area contributed by atoms with Crippen LogP contribution in [0.3, 0.4) is 0 Å². The molecule has 2 N–H and O–H groups in total. The van der Waals surface area contributed by atoms with Crippen molar-refractivity contribution in [1.82, 2.24) is 5.32 Å². The number of carbonyl (C=O) groups is 1. The van der Waals surface area contributed by atoms with E-state index in [1.165, 1.54) is 12.8 Å². The van der Waals surface area contributed by atoms with Gasteiger partial charge in [0.15, 0.2) is 0 Å². The van der Waals surface area contributed by atoms with Crippen LogP contribution in [-0.4, -0.2) is 23.7 Å². The van der Waals surface area contributed by atoms with Crippen LogP contribution in [0, 0.1) is 11.8 Å². The number of rotatable bonds is 2. The van der Waals surface area contributed by atoms with Crippen molar-refractivity contribution in [2.45, 2.75) is 25.3 Å². The molecule has 3 heteroatoms. The van der Waals surface area contributed by atoms with Crippen LogP contribution in [0.4, 0.5) is 0 Å². The second-order valence-corrected chi connectivity index (χ2v) is 3.56. The molecule has 11 heavy (non-hydrogen) atoms. The molecule has 1 aliphatic carbocycles. The summed E-state index contributed by atoms with van der Waals surface area (Å²) >= 11 is 0. The van der Waals surface area contributed by atoms with Gasteiger partial charge in [0.1, 0.15) is 0 Å². The van der Waals surface area contributed by atoms with E-state index < -0.39 is 0 Å². The first-order valence-corrected chi connectivity index (χ1v) is 4.21. The van der Waals surface area contributed by atoms with Gasteiger partial charge in [-0.15, -0.1) is 0 Å². The molecule has 62 valence electrons. The Morgan fingerprint density at radius 1 is 1.55 bits per heavy atom. The van der Waals surface area contributed by atoms with Gasteiger partial charge in [-0.2, -0.15) is 0 Å². The quantitative estimate of drug-likeness (QED) is 0.584. The first-order chi connectivity index (χ1) is 5.31. The maximum Gasteiger partial charge on any atom is 0.220 e. The van der Waals surface area contributed by atoms with E-state index in [1.54, 1.807) is 0 Å². The molecule has 2 atom stereocenters. The highest BCUT2D eigenvalue weighted by molar-refractivity contribution is 5.79. The van der Waals surface area contributed by atoms with Crippen LogP contribution in [-0.2, 0) is 4.79 Å². The molecular weight excluding hydrogens is 142 g/mol. The Balaban J connectivity index is 2.00. The highest BCUT2D eigenvalue weighted by Crippen LogP contribution is 2.41. The SMILES string of the molecule is O=C1C[C@H](C2CC2)[C@@H](CO)N1. The molecule has 1 aliphatic heterocycles. The summed E-state index contributed by atoms with van der Waals surface area (Å²) in [6.45, 7) is 0.104. The Kier molecular flexibility index (Phi) is 1.60. The highest BCUT2D eigenvalue weighted by Gasteiger charge is 2.41. The van der Waals surface area contributed by atoms with Crippen LogP contribution in [0.1, 0.15) is 19.3 Å². The summed E-state index contributed by atoms with van der Waals surface area (Å²) in [5.41, 5.74) is 0. The molecule has 0 bridgehead atoms. The second kappa shape index (κ2) is 2.48. The van der Waals surface area contributed by atoms with Gasteiger partial charge in [-0.25, -0.2) is 0 Å². The Hall–Kier alpha value is -0.570. The molecule has 3 nitrogen and oxygen atoms in total. The van der Waals surface area contributed by atoms with Crippen molar-refractivity contribution in [1.29, 1.82) is 0 Å². The zero-order chi connectivity index (χ0) is 7.84. The van der Waals surface area contributed by atoms with Crippen LogP contribution in [0.2, 0.25) is 0 Å². The van der Waals surface area contributed by atoms with Gasteiger partial charge >= 0.3 is 0 Å². The van der Waals surface area contributed by atoms with Gasteiger partial charge in [0.2, 0.25) is 5.91 Å². The van der Waals surface area contributed by atoms with Crippen molar-refractivity contribution in [3.8, 4) is 0 Å². The summed E-state index contributed by atoms with van der Waals surface area (Å²) < 4.78 is 0. The number of hydrogen-bond donors (Lipinski definition) is 2. The Labute approximate surface area is 65.8 Å². The van der Waals surface area contributed by atoms with Crippen LogP contribution >= 0.6 is 0 Å². The number of aliphatic hydroxyl groups excluding tert-OH is 1. The van der Waals surface area contributed by atoms with Crippen LogP contribution < -0.4 is 5.32 Å². The summed E-state index contributed by atoms with van der Waals surface area (Å²) in [5, 5.41) is 11.7. The van der Waals surface area contributed by atoms with Gasteiger partial charge in [0, 0.05) is 6.42 Å². The van der Waals surface area contributed by atoms with Crippen molar-refractivity contribution in [2.24, 2.45) is 11.8 Å². The minimum absolute atomic E-state index is 0.0509. The molecule has 0 aromatic carbocycles. The Morgan fingerprint density at radius 2 is 2.27 bits per heavy atom. The number of hydrogen-bond acceptors (Lipinski definition) is 2. The van der Waals surface area contributed by atoms with Crippen molar-refractivity contribution in [3.63, 3.8) is 0 Å². The lowest BCUT2D eigenvalue weighted by atomic mass is 9.96. The van der Waals surface area contributed by atoms with E-state index in [2.05, 4.69) is 5.32 Å². The Morgan fingerprint density at radius 3 is 2.82 bits per heavy atom. The number of carbonyl (C=O) groups excluding carboxylic acids is 1. The van der Waals surface area contributed by atoms with Crippen molar-refractivity contribution in [3.05, 3.63) is 0 Å². The predicted molar refractivity (Wildman–Crippen MR) is 39.8 cm³/mol. The maximum atomic E-state index is 10.9. The zero-order valence-corrected chi connectivity index (χ0v) is 6.42. The highest BCUT2D eigenvalue weighted by atomic mass is 16.3. The molecule has 0 spiro atoms. The molecule has 0 aromatic rings. The topological polar surface area (TPSA) is 49.3 Å². The van der Waals surface area contributed by atoms with Crippen LogP contribution in [0.15, 0.2) is 0 Å². The third-order valence-corrected chi connectivity index (χ3v) is 2.71. The molecule has 0 aromatic heterocycles. The summed E-state index contributed by atoms with van der Waals surface area (Å²) in [6.07, 6.45) is 3.13. The van der Waals surface area contributed by atoms with Gasteiger partial charge in [-0.1, -0.05) is 0 Å². The fraction of sp³-hybridized carbons (Fsp3) is 0.875. The smallest absolute Gasteiger partial charge is 0.220 e. The average Bonchev–Trinajstić information content (AvgIpc) is 2.75. The predicted octanol–water partition coefficient (Wildman–Crippen LogP) is -0.107. The van der Waals surface area contributed by atoms with E-state index in [1.807, 2.05) is 0 Å². The zero-order valence-electron chi connectivity index (χ0n) is 6.42. The molecule has 1 amide bonds. The number of amides is 1. The summed E-state index contributed by atoms with van der Waals surface area (Å²) in [7, 11) is 0. The monoisotopic (exact) mass is 155 g/mol. The number of nitrogens with one attached hydrogen (secondary N) is 1. The second-order valence-electron chi connectivity index (χ2n) is 3.56. The normalized spacial score (nSPS) is 37.4. The van der Waals surface area contributed by atoms with Crippen molar-refractivity contribution < 1.29 is 9.90 Å². The minimum atomic E-state index is 0.0509. The molecule has 1 saturated heterocycles. The summed E-state index contributed by atoms with van der Waals surface area (Å²) in [6, 6.07) is 0.0509. The van der Waals surface area contributed by atoms with Gasteiger partial charge in [-0.05, 0) is 24.7 Å². The van der Waals surface area contributed by atoms with Gasteiger partial charge < -0.3 is 10.4 Å². The third kappa shape index (κ3) is 1.25. The number of aliphatic hydroxyl groups is 1. The maximum absolute atomic E-state index is 10.9. The van der Waals surface area contributed by atoms with E-state index in [0.717, 1.165) is 0 Å². The Bertz CT molecular complexity index is 177. The van der Waals surface area contributed by atoms with E-state index in [-0.39, 0.29) is 18.6 Å². The van der Waals surface area contributed by atoms with E-state index in [4.69, 9.17) is 5.11 Å². The van der Waals surface area contributed by atoms with Crippen LogP contribution in [0.25, 0.3) is 0 Å². The minimum Gasteiger partial charge on any atom is -0.394 e. The molecule has 1 heterocycles. The summed E-state index contributed by atoms with van der Waals surface area (Å²) in [5.74, 6) is 1.25. The van der Waals surface area contributed by atoms with Crippen molar-refractivity contribution in [2.75, 3.05) is 6.61 Å². The molecule has 2 fully saturated rings.